The quantitative estimate of drug-likeness (QED) is 0.812. The van der Waals surface area contributed by atoms with Crippen LogP contribution in [0, 0.1) is 0 Å². The molecule has 1 aliphatic rings. The molecule has 0 amide bonds. The van der Waals surface area contributed by atoms with Crippen LogP contribution in [0.5, 0.6) is 17.2 Å². The van der Waals surface area contributed by atoms with Crippen molar-refractivity contribution in [3.63, 3.8) is 0 Å². The molecule has 4 nitrogen and oxygen atoms in total. The van der Waals surface area contributed by atoms with Crippen molar-refractivity contribution in [3.8, 4) is 17.2 Å². The Bertz CT molecular complexity index is 742. The van der Waals surface area contributed by atoms with Crippen molar-refractivity contribution in [1.82, 2.24) is 0 Å². The summed E-state index contributed by atoms with van der Waals surface area (Å²) in [6.45, 7) is 2.37. The molecule has 1 unspecified atom stereocenters. The Morgan fingerprint density at radius 3 is 2.38 bits per heavy atom. The third-order valence-corrected chi connectivity index (χ3v) is 5.74. The van der Waals surface area contributed by atoms with E-state index in [1.807, 2.05) is 31.2 Å². The smallest absolute Gasteiger partial charge is 0.186 e. The summed E-state index contributed by atoms with van der Waals surface area (Å²) in [6, 6.07) is 13.1. The van der Waals surface area contributed by atoms with E-state index in [4.69, 9.17) is 14.2 Å². The van der Waals surface area contributed by atoms with Crippen molar-refractivity contribution in [2.75, 3.05) is 20.8 Å². The first-order valence-electron chi connectivity index (χ1n) is 7.80. The maximum atomic E-state index is 13.1. The van der Waals surface area contributed by atoms with Gasteiger partial charge in [-0.2, -0.15) is 0 Å². The number of hydrogen-bond donors (Lipinski definition) is 0. The van der Waals surface area contributed by atoms with E-state index in [0.29, 0.717) is 30.1 Å². The van der Waals surface area contributed by atoms with Gasteiger partial charge < -0.3 is 14.2 Å². The number of rotatable bonds is 5. The lowest BCUT2D eigenvalue weighted by Gasteiger charge is -2.35. The molecule has 0 fully saturated rings. The number of methoxy groups -OCH3 is 2. The Kier molecular flexibility index (Phi) is 4.71. The van der Waals surface area contributed by atoms with E-state index in [-0.39, 0.29) is 5.78 Å². The fourth-order valence-corrected chi connectivity index (χ4v) is 3.91. The molecule has 1 atom stereocenters. The Balaban J connectivity index is 1.90. The predicted molar refractivity (Wildman–Crippen MR) is 94.7 cm³/mol. The van der Waals surface area contributed by atoms with E-state index in [9.17, 15) is 4.79 Å². The van der Waals surface area contributed by atoms with Gasteiger partial charge in [0, 0.05) is 11.0 Å². The molecular formula is C19H20O4S. The van der Waals surface area contributed by atoms with Crippen LogP contribution in [0.1, 0.15) is 23.7 Å². The number of fused-ring (bicyclic) bond motifs is 1. The van der Waals surface area contributed by atoms with Gasteiger partial charge in [0.2, 0.25) is 0 Å². The standard InChI is InChI=1S/C19H20O4S/c1-4-19(24-15-8-5-13(21-2)6-9-15)12-23-17-11-14(22-3)7-10-16(17)18(19)20/h5-11H,4,12H2,1-3H3. The Hall–Kier alpha value is -2.14. The largest absolute Gasteiger partial charge is 0.497 e. The molecule has 1 heterocycles. The second kappa shape index (κ2) is 6.77. The highest BCUT2D eigenvalue weighted by molar-refractivity contribution is 8.01. The third-order valence-electron chi connectivity index (χ3n) is 4.25. The van der Waals surface area contributed by atoms with Crippen LogP contribution >= 0.6 is 11.8 Å². The number of ketones is 1. The van der Waals surface area contributed by atoms with Gasteiger partial charge in [0.25, 0.3) is 0 Å². The molecule has 0 aliphatic carbocycles. The third kappa shape index (κ3) is 2.96. The van der Waals surface area contributed by atoms with Crippen LogP contribution < -0.4 is 14.2 Å². The Morgan fingerprint density at radius 2 is 1.75 bits per heavy atom. The SMILES string of the molecule is CCC1(Sc2ccc(OC)cc2)COc2cc(OC)ccc2C1=O. The maximum Gasteiger partial charge on any atom is 0.186 e. The molecule has 24 heavy (non-hydrogen) atoms. The molecule has 0 aromatic heterocycles. The second-order valence-electron chi connectivity index (χ2n) is 5.61. The number of Topliss-reactive ketones (excluding diaryl/α,β-unsaturated/α-hetero) is 1. The lowest BCUT2D eigenvalue weighted by Crippen LogP contribution is -2.44. The fourth-order valence-electron chi connectivity index (χ4n) is 2.72. The summed E-state index contributed by atoms with van der Waals surface area (Å²) in [5.74, 6) is 2.19. The monoisotopic (exact) mass is 344 g/mol. The number of carbonyl (C=O) groups is 1. The number of carbonyl (C=O) groups excluding carboxylic acids is 1. The summed E-state index contributed by atoms with van der Waals surface area (Å²) in [5.41, 5.74) is 0.616. The Morgan fingerprint density at radius 1 is 1.08 bits per heavy atom. The van der Waals surface area contributed by atoms with Crippen LogP contribution in [0.2, 0.25) is 0 Å². The van der Waals surface area contributed by atoms with Crippen molar-refractivity contribution >= 4 is 17.5 Å². The molecule has 0 radical (unpaired) electrons. The minimum Gasteiger partial charge on any atom is -0.497 e. The first-order chi connectivity index (χ1) is 11.6. The number of hydrogen-bond acceptors (Lipinski definition) is 5. The van der Waals surface area contributed by atoms with Crippen LogP contribution in [0.15, 0.2) is 47.4 Å². The summed E-state index contributed by atoms with van der Waals surface area (Å²) < 4.78 is 15.7. The second-order valence-corrected chi connectivity index (χ2v) is 7.06. The van der Waals surface area contributed by atoms with Crippen LogP contribution in [0.3, 0.4) is 0 Å². The lowest BCUT2D eigenvalue weighted by molar-refractivity contribution is 0.0865. The molecular weight excluding hydrogens is 324 g/mol. The van der Waals surface area contributed by atoms with Crippen molar-refractivity contribution in [3.05, 3.63) is 48.0 Å². The van der Waals surface area contributed by atoms with E-state index < -0.39 is 4.75 Å². The highest BCUT2D eigenvalue weighted by Crippen LogP contribution is 2.44. The number of thioether (sulfide) groups is 1. The van der Waals surface area contributed by atoms with Crippen LogP contribution in [0.4, 0.5) is 0 Å². The highest BCUT2D eigenvalue weighted by atomic mass is 32.2. The summed E-state index contributed by atoms with van der Waals surface area (Å²) in [6.07, 6.45) is 0.688. The van der Waals surface area contributed by atoms with Gasteiger partial charge in [0.15, 0.2) is 5.78 Å². The summed E-state index contributed by atoms with van der Waals surface area (Å²) in [5, 5.41) is 0. The number of benzene rings is 2. The molecule has 0 saturated heterocycles. The molecule has 2 aromatic carbocycles. The van der Waals surface area contributed by atoms with E-state index in [0.717, 1.165) is 10.6 Å². The fraction of sp³-hybridized carbons (Fsp3) is 0.316. The molecule has 0 spiro atoms. The molecule has 0 saturated carbocycles. The van der Waals surface area contributed by atoms with Gasteiger partial charge in [-0.1, -0.05) is 6.92 Å². The normalized spacial score (nSPS) is 19.4. The van der Waals surface area contributed by atoms with Crippen LogP contribution in [-0.4, -0.2) is 31.4 Å². The van der Waals surface area contributed by atoms with Gasteiger partial charge in [-0.25, -0.2) is 0 Å². The molecule has 3 rings (SSSR count). The molecule has 0 bridgehead atoms. The van der Waals surface area contributed by atoms with Crippen molar-refractivity contribution < 1.29 is 19.0 Å². The lowest BCUT2D eigenvalue weighted by atomic mass is 9.92. The minimum absolute atomic E-state index is 0.106. The summed E-state index contributed by atoms with van der Waals surface area (Å²) >= 11 is 1.55. The maximum absolute atomic E-state index is 13.1. The number of ether oxygens (including phenoxy) is 3. The molecule has 126 valence electrons. The zero-order valence-electron chi connectivity index (χ0n) is 14.0. The van der Waals surface area contributed by atoms with Gasteiger partial charge in [-0.3, -0.25) is 4.79 Å². The van der Waals surface area contributed by atoms with Crippen molar-refractivity contribution in [2.24, 2.45) is 0 Å². The van der Waals surface area contributed by atoms with Gasteiger partial charge in [0.1, 0.15) is 28.6 Å². The van der Waals surface area contributed by atoms with E-state index >= 15 is 0 Å². The van der Waals surface area contributed by atoms with Gasteiger partial charge in [-0.05, 0) is 42.8 Å². The summed E-state index contributed by atoms with van der Waals surface area (Å²) in [4.78, 5) is 14.2. The average molecular weight is 344 g/mol. The molecule has 2 aromatic rings. The van der Waals surface area contributed by atoms with Crippen molar-refractivity contribution in [1.29, 1.82) is 0 Å². The van der Waals surface area contributed by atoms with Gasteiger partial charge in [-0.15, -0.1) is 11.8 Å². The molecule has 0 N–H and O–H groups in total. The predicted octanol–water partition coefficient (Wildman–Crippen LogP) is 4.22. The first kappa shape index (κ1) is 16.7. The van der Waals surface area contributed by atoms with Crippen LogP contribution in [0.25, 0.3) is 0 Å². The summed E-state index contributed by atoms with van der Waals surface area (Å²) in [7, 11) is 3.24. The minimum atomic E-state index is -0.615. The average Bonchev–Trinajstić information content (AvgIpc) is 2.64. The zero-order valence-corrected chi connectivity index (χ0v) is 14.8. The van der Waals surface area contributed by atoms with E-state index in [1.54, 1.807) is 44.2 Å². The zero-order chi connectivity index (χ0) is 17.2. The molecule has 1 aliphatic heterocycles. The van der Waals surface area contributed by atoms with Crippen molar-refractivity contribution in [2.45, 2.75) is 23.0 Å². The van der Waals surface area contributed by atoms with Gasteiger partial charge >= 0.3 is 0 Å². The van der Waals surface area contributed by atoms with Crippen LogP contribution in [-0.2, 0) is 0 Å². The Labute approximate surface area is 146 Å². The van der Waals surface area contributed by atoms with E-state index in [2.05, 4.69) is 0 Å². The van der Waals surface area contributed by atoms with E-state index in [1.165, 1.54) is 0 Å². The van der Waals surface area contributed by atoms with Gasteiger partial charge in [0.05, 0.1) is 19.8 Å². The topological polar surface area (TPSA) is 44.8 Å². The molecule has 5 heteroatoms. The highest BCUT2D eigenvalue weighted by Gasteiger charge is 2.44. The first-order valence-corrected chi connectivity index (χ1v) is 8.62.